The minimum absolute atomic E-state index is 0.123. The number of benzene rings is 1. The maximum absolute atomic E-state index is 13.0. The molecule has 1 amide bonds. The molecule has 0 aliphatic carbocycles. The summed E-state index contributed by atoms with van der Waals surface area (Å²) in [5, 5.41) is 10.8. The second-order valence-corrected chi connectivity index (χ2v) is 7.05. The fourth-order valence-electron chi connectivity index (χ4n) is 2.85. The number of hydrogen-bond acceptors (Lipinski definition) is 6. The van der Waals surface area contributed by atoms with Crippen LogP contribution in [-0.4, -0.2) is 46.0 Å². The summed E-state index contributed by atoms with van der Waals surface area (Å²) >= 11 is 1.56. The fourth-order valence-corrected chi connectivity index (χ4v) is 4.28. The summed E-state index contributed by atoms with van der Waals surface area (Å²) in [6.07, 6.45) is 3.86. The van der Waals surface area contributed by atoms with Gasteiger partial charge in [0.1, 0.15) is 6.04 Å². The number of carbonyl (C=O) groups is 2. The molecule has 25 heavy (non-hydrogen) atoms. The predicted octanol–water partition coefficient (Wildman–Crippen LogP) is 3.23. The average molecular weight is 366 g/mol. The Morgan fingerprint density at radius 3 is 2.80 bits per heavy atom. The van der Waals surface area contributed by atoms with Crippen molar-refractivity contribution >= 4 is 29.3 Å². The number of nitrogens with zero attached hydrogens (tertiary/aromatic N) is 2. The van der Waals surface area contributed by atoms with E-state index in [1.165, 1.54) is 36.3 Å². The van der Waals surface area contributed by atoms with Crippen LogP contribution in [0.5, 0.6) is 0 Å². The lowest BCUT2D eigenvalue weighted by Gasteiger charge is -2.28. The number of hydrogen-bond donors (Lipinski definition) is 0. The van der Waals surface area contributed by atoms with Gasteiger partial charge in [-0.3, -0.25) is 14.9 Å². The zero-order valence-corrected chi connectivity index (χ0v) is 15.2. The Balaban J connectivity index is 2.27. The van der Waals surface area contributed by atoms with Gasteiger partial charge in [0.2, 0.25) is 0 Å². The molecule has 0 N–H and O–H groups in total. The van der Waals surface area contributed by atoms with Gasteiger partial charge in [0.05, 0.1) is 17.4 Å². The van der Waals surface area contributed by atoms with Crippen LogP contribution in [0.3, 0.4) is 0 Å². The number of esters is 1. The summed E-state index contributed by atoms with van der Waals surface area (Å²) in [6, 6.07) is 4.95. The number of ether oxygens (including phenoxy) is 1. The van der Waals surface area contributed by atoms with Crippen LogP contribution in [0.25, 0.3) is 0 Å². The fraction of sp³-hybridized carbons (Fsp3) is 0.529. The Hall–Kier alpha value is -2.09. The predicted molar refractivity (Wildman–Crippen MR) is 95.5 cm³/mol. The molecular weight excluding hydrogens is 344 g/mol. The highest BCUT2D eigenvalue weighted by molar-refractivity contribution is 8.00. The van der Waals surface area contributed by atoms with Crippen molar-refractivity contribution in [3.8, 4) is 0 Å². The van der Waals surface area contributed by atoms with Crippen molar-refractivity contribution in [2.24, 2.45) is 0 Å². The normalized spacial score (nSPS) is 19.7. The van der Waals surface area contributed by atoms with Crippen molar-refractivity contribution in [3.05, 3.63) is 39.9 Å². The molecule has 0 spiro atoms. The van der Waals surface area contributed by atoms with Gasteiger partial charge in [-0.1, -0.05) is 32.3 Å². The van der Waals surface area contributed by atoms with E-state index in [-0.39, 0.29) is 22.5 Å². The Labute approximate surface area is 150 Å². The molecule has 1 aliphatic rings. The number of carbonyl (C=O) groups excluding carboxylic acids is 2. The van der Waals surface area contributed by atoms with E-state index in [4.69, 9.17) is 4.74 Å². The Kier molecular flexibility index (Phi) is 6.81. The molecule has 0 saturated carbocycles. The first kappa shape index (κ1) is 19.2. The van der Waals surface area contributed by atoms with Crippen molar-refractivity contribution < 1.29 is 19.2 Å². The summed E-state index contributed by atoms with van der Waals surface area (Å²) in [4.78, 5) is 37.0. The van der Waals surface area contributed by atoms with Crippen molar-refractivity contribution in [3.63, 3.8) is 0 Å². The van der Waals surface area contributed by atoms with Gasteiger partial charge in [-0.25, -0.2) is 4.79 Å². The first-order valence-corrected chi connectivity index (χ1v) is 9.31. The number of amides is 1. The van der Waals surface area contributed by atoms with Crippen LogP contribution < -0.4 is 0 Å². The molecule has 2 atom stereocenters. The van der Waals surface area contributed by atoms with Gasteiger partial charge >= 0.3 is 5.97 Å². The van der Waals surface area contributed by atoms with E-state index >= 15 is 0 Å². The quantitative estimate of drug-likeness (QED) is 0.318. The van der Waals surface area contributed by atoms with Crippen LogP contribution in [0.15, 0.2) is 24.3 Å². The summed E-state index contributed by atoms with van der Waals surface area (Å²) in [6.45, 7) is 2.10. The Morgan fingerprint density at radius 2 is 2.16 bits per heavy atom. The molecule has 0 radical (unpaired) electrons. The van der Waals surface area contributed by atoms with Crippen LogP contribution in [0.1, 0.15) is 43.0 Å². The van der Waals surface area contributed by atoms with Gasteiger partial charge in [0.25, 0.3) is 11.6 Å². The lowest BCUT2D eigenvalue weighted by molar-refractivity contribution is -0.384. The van der Waals surface area contributed by atoms with Crippen molar-refractivity contribution in [1.82, 2.24) is 4.90 Å². The minimum atomic E-state index is -0.659. The average Bonchev–Trinajstić information content (AvgIpc) is 3.04. The van der Waals surface area contributed by atoms with E-state index in [0.29, 0.717) is 5.75 Å². The molecule has 2 rings (SSSR count). The number of rotatable bonds is 7. The molecule has 136 valence electrons. The summed E-state index contributed by atoms with van der Waals surface area (Å²) in [5.74, 6) is -0.348. The zero-order chi connectivity index (χ0) is 18.4. The maximum Gasteiger partial charge on any atom is 0.329 e. The van der Waals surface area contributed by atoms with Crippen molar-refractivity contribution in [1.29, 1.82) is 0 Å². The monoisotopic (exact) mass is 366 g/mol. The maximum atomic E-state index is 13.0. The molecule has 1 aromatic carbocycles. The highest BCUT2D eigenvalue weighted by Crippen LogP contribution is 2.34. The first-order valence-electron chi connectivity index (χ1n) is 8.26. The smallest absolute Gasteiger partial charge is 0.329 e. The largest absolute Gasteiger partial charge is 0.467 e. The summed E-state index contributed by atoms with van der Waals surface area (Å²) in [7, 11) is 1.30. The van der Waals surface area contributed by atoms with Crippen LogP contribution in [0.4, 0.5) is 5.69 Å². The molecule has 0 aromatic heterocycles. The molecular formula is C17H22N2O5S. The van der Waals surface area contributed by atoms with Gasteiger partial charge in [0, 0.05) is 23.4 Å². The van der Waals surface area contributed by atoms with Gasteiger partial charge in [-0.2, -0.15) is 0 Å². The molecule has 1 fully saturated rings. The number of non-ortho nitro benzene ring substituents is 1. The third kappa shape index (κ3) is 4.50. The molecule has 1 saturated heterocycles. The molecule has 0 bridgehead atoms. The lowest BCUT2D eigenvalue weighted by Crippen LogP contribution is -2.46. The first-order chi connectivity index (χ1) is 12.0. The summed E-state index contributed by atoms with van der Waals surface area (Å²) < 4.78 is 4.83. The van der Waals surface area contributed by atoms with Crippen LogP contribution in [-0.2, 0) is 9.53 Å². The highest BCUT2D eigenvalue weighted by atomic mass is 32.2. The second-order valence-electron chi connectivity index (χ2n) is 5.84. The van der Waals surface area contributed by atoms with Gasteiger partial charge in [-0.15, -0.1) is 11.8 Å². The molecule has 7 nitrogen and oxygen atoms in total. The van der Waals surface area contributed by atoms with E-state index in [1.54, 1.807) is 11.8 Å². The van der Waals surface area contributed by atoms with Crippen LogP contribution in [0, 0.1) is 10.1 Å². The molecule has 2 unspecified atom stereocenters. The topological polar surface area (TPSA) is 89.8 Å². The number of nitro groups is 1. The Bertz CT molecular complexity index is 652. The number of thioether (sulfide) groups is 1. The minimum Gasteiger partial charge on any atom is -0.467 e. The third-order valence-corrected chi connectivity index (χ3v) is 5.51. The van der Waals surface area contributed by atoms with Gasteiger partial charge < -0.3 is 9.64 Å². The molecule has 1 aromatic rings. The number of nitro benzene ring substituents is 1. The molecule has 1 heterocycles. The lowest BCUT2D eigenvalue weighted by atomic mass is 10.1. The second kappa shape index (κ2) is 8.84. The number of unbranched alkanes of at least 4 members (excludes halogenated alkanes) is 2. The van der Waals surface area contributed by atoms with E-state index in [1.807, 2.05) is 0 Å². The summed E-state index contributed by atoms with van der Waals surface area (Å²) in [5.41, 5.74) is 0.0703. The van der Waals surface area contributed by atoms with Crippen molar-refractivity contribution in [2.75, 3.05) is 12.9 Å². The Morgan fingerprint density at radius 1 is 1.40 bits per heavy atom. The van der Waals surface area contributed by atoms with E-state index in [0.717, 1.165) is 25.7 Å². The molecule has 1 aliphatic heterocycles. The van der Waals surface area contributed by atoms with Crippen LogP contribution in [0.2, 0.25) is 0 Å². The van der Waals surface area contributed by atoms with Gasteiger partial charge in [-0.05, 0) is 12.5 Å². The zero-order valence-electron chi connectivity index (χ0n) is 14.3. The SMILES string of the molecule is CCCCCC1SCC(C(=O)OC)N1C(=O)c1cccc([N+](=O)[O-])c1. The highest BCUT2D eigenvalue weighted by Gasteiger charge is 2.42. The standard InChI is InChI=1S/C17H22N2O5S/c1-3-4-5-9-15-18(14(11-25-15)17(21)24-2)16(20)12-7-6-8-13(10-12)19(22)23/h6-8,10,14-15H,3-5,9,11H2,1-2H3. The van der Waals surface area contributed by atoms with E-state index < -0.39 is 16.9 Å². The van der Waals surface area contributed by atoms with E-state index in [9.17, 15) is 19.7 Å². The third-order valence-electron chi connectivity index (χ3n) is 4.16. The molecule has 8 heteroatoms. The van der Waals surface area contributed by atoms with E-state index in [2.05, 4.69) is 6.92 Å². The number of methoxy groups -OCH3 is 1. The van der Waals surface area contributed by atoms with Crippen LogP contribution >= 0.6 is 11.8 Å². The van der Waals surface area contributed by atoms with Gasteiger partial charge in [0.15, 0.2) is 0 Å². The van der Waals surface area contributed by atoms with Crippen molar-refractivity contribution in [2.45, 2.75) is 44.0 Å².